The molecule has 0 saturated carbocycles. The first kappa shape index (κ1) is 12.8. The van der Waals surface area contributed by atoms with Gasteiger partial charge in [-0.25, -0.2) is 0 Å². The topological polar surface area (TPSA) is 83.8 Å². The number of hydrogen-bond acceptors (Lipinski definition) is 5. The Morgan fingerprint density at radius 2 is 2.08 bits per heavy atom. The molecule has 80 valence electrons. The van der Waals surface area contributed by atoms with Crippen molar-refractivity contribution in [3.63, 3.8) is 0 Å². The van der Waals surface area contributed by atoms with E-state index in [1.54, 1.807) is 0 Å². The molecule has 1 unspecified atom stereocenters. The quantitative estimate of drug-likeness (QED) is 0.438. The molecule has 0 rings (SSSR count). The molecule has 0 spiro atoms. The Morgan fingerprint density at radius 1 is 1.46 bits per heavy atom. The number of hydrogen-bond donors (Lipinski definition) is 2. The molecule has 0 aliphatic rings. The van der Waals surface area contributed by atoms with Crippen molar-refractivity contribution < 1.29 is 22.8 Å². The molecule has 1 atom stereocenters. The Hall–Kier alpha value is -0.170. The van der Waals surface area contributed by atoms with Crippen molar-refractivity contribution in [3.8, 4) is 0 Å². The number of aliphatic hydroxyl groups is 2. The highest BCUT2D eigenvalue weighted by molar-refractivity contribution is 7.86. The van der Waals surface area contributed by atoms with E-state index in [2.05, 4.69) is 4.18 Å². The van der Waals surface area contributed by atoms with Gasteiger partial charge in [0.05, 0.1) is 19.3 Å². The van der Waals surface area contributed by atoms with Crippen LogP contribution in [0.2, 0.25) is 0 Å². The van der Waals surface area contributed by atoms with Gasteiger partial charge in [-0.05, 0) is 6.42 Å². The Balaban J connectivity index is 3.81. The van der Waals surface area contributed by atoms with Crippen LogP contribution in [-0.4, -0.2) is 43.7 Å². The third kappa shape index (κ3) is 6.94. The lowest BCUT2D eigenvalue weighted by molar-refractivity contribution is 0.109. The van der Waals surface area contributed by atoms with Crippen LogP contribution in [0.5, 0.6) is 0 Å². The highest BCUT2D eigenvalue weighted by Crippen LogP contribution is 1.99. The Labute approximate surface area is 78.5 Å². The molecule has 0 aliphatic heterocycles. The molecule has 6 heteroatoms. The first-order valence-electron chi connectivity index (χ1n) is 4.18. The highest BCUT2D eigenvalue weighted by atomic mass is 32.2. The van der Waals surface area contributed by atoms with Gasteiger partial charge in [0.2, 0.25) is 0 Å². The van der Waals surface area contributed by atoms with Gasteiger partial charge in [-0.2, -0.15) is 8.42 Å². The molecule has 0 fully saturated rings. The SMILES string of the molecule is CCCCOS(=O)(=O)CC(O)CO. The van der Waals surface area contributed by atoms with E-state index >= 15 is 0 Å². The molecule has 13 heavy (non-hydrogen) atoms. The molecule has 0 heterocycles. The standard InChI is InChI=1S/C7H16O5S/c1-2-3-4-12-13(10,11)6-7(9)5-8/h7-9H,2-6H2,1H3. The summed E-state index contributed by atoms with van der Waals surface area (Å²) < 4.78 is 26.5. The van der Waals surface area contributed by atoms with Crippen LogP contribution in [0.15, 0.2) is 0 Å². The number of rotatable bonds is 7. The van der Waals surface area contributed by atoms with Crippen molar-refractivity contribution in [3.05, 3.63) is 0 Å². The van der Waals surface area contributed by atoms with Gasteiger partial charge < -0.3 is 10.2 Å². The summed E-state index contributed by atoms with van der Waals surface area (Å²) in [7, 11) is -3.68. The summed E-state index contributed by atoms with van der Waals surface area (Å²) in [5.41, 5.74) is 0. The molecule has 0 amide bonds. The molecule has 5 nitrogen and oxygen atoms in total. The number of unbranched alkanes of at least 4 members (excludes halogenated alkanes) is 1. The lowest BCUT2D eigenvalue weighted by atomic mass is 10.4. The zero-order valence-corrected chi connectivity index (χ0v) is 8.46. The third-order valence-corrected chi connectivity index (χ3v) is 2.69. The minimum atomic E-state index is -3.68. The monoisotopic (exact) mass is 212 g/mol. The first-order valence-corrected chi connectivity index (χ1v) is 5.75. The summed E-state index contributed by atoms with van der Waals surface area (Å²) in [6, 6.07) is 0. The van der Waals surface area contributed by atoms with E-state index in [1.165, 1.54) is 0 Å². The van der Waals surface area contributed by atoms with E-state index in [9.17, 15) is 8.42 Å². The van der Waals surface area contributed by atoms with E-state index in [1.807, 2.05) is 6.92 Å². The summed E-state index contributed by atoms with van der Waals surface area (Å²) in [6.45, 7) is 1.48. The summed E-state index contributed by atoms with van der Waals surface area (Å²) in [5.74, 6) is -0.548. The molecular formula is C7H16O5S. The first-order chi connectivity index (χ1) is 6.02. The smallest absolute Gasteiger partial charge is 0.269 e. The van der Waals surface area contributed by atoms with Crippen LogP contribution >= 0.6 is 0 Å². The van der Waals surface area contributed by atoms with Crippen molar-refractivity contribution in [2.75, 3.05) is 19.0 Å². The van der Waals surface area contributed by atoms with Crippen molar-refractivity contribution >= 4 is 10.1 Å². The molecule has 0 saturated heterocycles. The molecule has 0 aromatic carbocycles. The van der Waals surface area contributed by atoms with Crippen LogP contribution in [0.1, 0.15) is 19.8 Å². The molecule has 0 bridgehead atoms. The van der Waals surface area contributed by atoms with Crippen LogP contribution in [0.25, 0.3) is 0 Å². The van der Waals surface area contributed by atoms with Crippen LogP contribution < -0.4 is 0 Å². The van der Waals surface area contributed by atoms with Gasteiger partial charge in [0, 0.05) is 0 Å². The lowest BCUT2D eigenvalue weighted by Gasteiger charge is -2.07. The van der Waals surface area contributed by atoms with E-state index < -0.39 is 28.6 Å². The molecular weight excluding hydrogens is 196 g/mol. The van der Waals surface area contributed by atoms with Crippen LogP contribution in [0.3, 0.4) is 0 Å². The largest absolute Gasteiger partial charge is 0.394 e. The van der Waals surface area contributed by atoms with Gasteiger partial charge in [0.25, 0.3) is 10.1 Å². The second-order valence-corrected chi connectivity index (χ2v) is 4.42. The van der Waals surface area contributed by atoms with Crippen molar-refractivity contribution in [2.45, 2.75) is 25.9 Å². The second kappa shape index (κ2) is 6.31. The normalized spacial score (nSPS) is 14.4. The van der Waals surface area contributed by atoms with E-state index in [0.29, 0.717) is 6.42 Å². The molecule has 0 radical (unpaired) electrons. The molecule has 2 N–H and O–H groups in total. The maximum atomic E-state index is 11.0. The van der Waals surface area contributed by atoms with Crippen molar-refractivity contribution in [1.82, 2.24) is 0 Å². The predicted octanol–water partition coefficient (Wildman–Crippen LogP) is -0.514. The minimum absolute atomic E-state index is 0.136. The van der Waals surface area contributed by atoms with Crippen molar-refractivity contribution in [1.29, 1.82) is 0 Å². The molecule has 0 aliphatic carbocycles. The van der Waals surface area contributed by atoms with Crippen molar-refractivity contribution in [2.24, 2.45) is 0 Å². The fraction of sp³-hybridized carbons (Fsp3) is 1.00. The Kier molecular flexibility index (Phi) is 6.23. The fourth-order valence-corrected chi connectivity index (χ4v) is 1.71. The maximum Gasteiger partial charge on any atom is 0.269 e. The number of aliphatic hydroxyl groups excluding tert-OH is 2. The van der Waals surface area contributed by atoms with E-state index in [0.717, 1.165) is 6.42 Å². The van der Waals surface area contributed by atoms with Gasteiger partial charge >= 0.3 is 0 Å². The fourth-order valence-electron chi connectivity index (χ4n) is 0.667. The maximum absolute atomic E-state index is 11.0. The van der Waals surface area contributed by atoms with Crippen LogP contribution in [0.4, 0.5) is 0 Å². The summed E-state index contributed by atoms with van der Waals surface area (Å²) in [6.07, 6.45) is 0.249. The second-order valence-electron chi connectivity index (χ2n) is 2.74. The van der Waals surface area contributed by atoms with Gasteiger partial charge in [-0.1, -0.05) is 13.3 Å². The zero-order chi connectivity index (χ0) is 10.3. The third-order valence-electron chi connectivity index (χ3n) is 1.37. The molecule has 0 aromatic rings. The predicted molar refractivity (Wildman–Crippen MR) is 47.7 cm³/mol. The summed E-state index contributed by atoms with van der Waals surface area (Å²) >= 11 is 0. The lowest BCUT2D eigenvalue weighted by Crippen LogP contribution is -2.25. The van der Waals surface area contributed by atoms with Gasteiger partial charge in [-0.3, -0.25) is 4.18 Å². The van der Waals surface area contributed by atoms with E-state index in [4.69, 9.17) is 10.2 Å². The highest BCUT2D eigenvalue weighted by Gasteiger charge is 2.16. The minimum Gasteiger partial charge on any atom is -0.394 e. The van der Waals surface area contributed by atoms with Crippen LogP contribution in [0, 0.1) is 0 Å². The molecule has 0 aromatic heterocycles. The summed E-state index contributed by atoms with van der Waals surface area (Å²) in [4.78, 5) is 0. The van der Waals surface area contributed by atoms with Crippen LogP contribution in [-0.2, 0) is 14.3 Å². The van der Waals surface area contributed by atoms with Gasteiger partial charge in [0.15, 0.2) is 0 Å². The van der Waals surface area contributed by atoms with Gasteiger partial charge in [0.1, 0.15) is 5.75 Å². The van der Waals surface area contributed by atoms with Gasteiger partial charge in [-0.15, -0.1) is 0 Å². The average Bonchev–Trinajstić information content (AvgIpc) is 2.03. The van der Waals surface area contributed by atoms with E-state index in [-0.39, 0.29) is 6.61 Å². The zero-order valence-electron chi connectivity index (χ0n) is 7.64. The Bertz CT molecular complexity index is 211. The Morgan fingerprint density at radius 3 is 2.54 bits per heavy atom. The summed E-state index contributed by atoms with van der Waals surface area (Å²) in [5, 5.41) is 17.2. The average molecular weight is 212 g/mol.